The summed E-state index contributed by atoms with van der Waals surface area (Å²) >= 11 is -3.34. The van der Waals surface area contributed by atoms with Gasteiger partial charge in [-0.15, -0.1) is 0 Å². The zero-order chi connectivity index (χ0) is 25.4. The summed E-state index contributed by atoms with van der Waals surface area (Å²) in [5.41, 5.74) is 6.81. The Labute approximate surface area is 221 Å². The first-order valence-corrected chi connectivity index (χ1v) is 20.7. The molecule has 8 nitrogen and oxygen atoms in total. The Kier molecular flexibility index (Phi) is 10.7. The Balaban J connectivity index is 1.47. The average Bonchev–Trinajstić information content (AvgIpc) is 3.56. The number of nitrogen functional groups attached to an aromatic ring is 1. The molecule has 0 bridgehead atoms. The molecule has 2 saturated heterocycles. The number of aliphatic hydroxyl groups excluding tert-OH is 1. The van der Waals surface area contributed by atoms with Gasteiger partial charge in [0.25, 0.3) is 0 Å². The van der Waals surface area contributed by atoms with Crippen molar-refractivity contribution in [2.75, 3.05) is 12.3 Å². The maximum atomic E-state index is 10.2. The zero-order valence-electron chi connectivity index (χ0n) is 22.2. The summed E-state index contributed by atoms with van der Waals surface area (Å²) in [5, 5.41) is 11.0. The van der Waals surface area contributed by atoms with E-state index in [1.165, 1.54) is 83.4 Å². The second-order valence-corrected chi connectivity index (χ2v) is 20.0. The Morgan fingerprint density at radius 3 is 2.14 bits per heavy atom. The molecule has 9 heteroatoms. The number of anilines is 1. The molecule has 0 aromatic carbocycles. The fourth-order valence-corrected chi connectivity index (χ4v) is 16.9. The summed E-state index contributed by atoms with van der Waals surface area (Å²) in [4.78, 5) is 8.58. The standard InChI is InChI=1S/C11H12N4O4.2C8H17.Sn/c12-9-5-1-2-15(10(5)14-4-13-9)11-8(18)7(17)6(3-16)19-11;2*1-3-5-7-8-6-4-2;/h1-2,4,6-8,11,16H,3H2,(H2,12,13,14);2*1,3-8H2,2H3;/q-2;;;+2/t6-,7+,8+,11-;;;/m0.../s1. The molecule has 3 N–H and O–H groups in total. The van der Waals surface area contributed by atoms with Crippen LogP contribution in [0, 0.1) is 0 Å². The number of unbranched alkanes of at least 4 members (excludes halogenated alkanes) is 10. The van der Waals surface area contributed by atoms with Crippen LogP contribution in [0.25, 0.3) is 11.0 Å². The molecule has 2 fully saturated rings. The first-order valence-electron chi connectivity index (χ1n) is 14.3. The van der Waals surface area contributed by atoms with Crippen LogP contribution in [0.1, 0.15) is 97.1 Å². The zero-order valence-corrected chi connectivity index (χ0v) is 25.1. The predicted molar refractivity (Wildman–Crippen MR) is 145 cm³/mol. The average molecular weight is 609 g/mol. The van der Waals surface area contributed by atoms with Crippen molar-refractivity contribution in [2.24, 2.45) is 0 Å². The molecule has 2 aromatic heterocycles. The van der Waals surface area contributed by atoms with E-state index >= 15 is 0 Å². The van der Waals surface area contributed by atoms with Gasteiger partial charge in [0.2, 0.25) is 0 Å². The number of fused-ring (bicyclic) bond motifs is 2. The monoisotopic (exact) mass is 610 g/mol. The van der Waals surface area contributed by atoms with E-state index in [0.29, 0.717) is 5.82 Å². The molecule has 0 spiro atoms. The van der Waals surface area contributed by atoms with Crippen LogP contribution in [0.15, 0.2) is 18.6 Å². The molecule has 0 aliphatic carbocycles. The number of nitrogens with zero attached hydrogens (tertiary/aromatic N) is 3. The topological polar surface area (TPSA) is 105 Å². The van der Waals surface area contributed by atoms with Crippen LogP contribution in [0.5, 0.6) is 0 Å². The molecule has 4 rings (SSSR count). The number of rotatable bonds is 16. The van der Waals surface area contributed by atoms with Crippen LogP contribution in [-0.2, 0) is 10.9 Å². The van der Waals surface area contributed by atoms with Gasteiger partial charge >= 0.3 is 222 Å². The van der Waals surface area contributed by atoms with Gasteiger partial charge in [-0.3, -0.25) is 0 Å². The summed E-state index contributed by atoms with van der Waals surface area (Å²) in [7, 11) is 0. The van der Waals surface area contributed by atoms with Gasteiger partial charge in [0.15, 0.2) is 0 Å². The molecular weight excluding hydrogens is 563 g/mol. The fraction of sp³-hybridized carbons (Fsp3) is 0.778. The molecule has 36 heavy (non-hydrogen) atoms. The van der Waals surface area contributed by atoms with E-state index in [4.69, 9.17) is 16.6 Å². The van der Waals surface area contributed by atoms with Crippen molar-refractivity contribution in [3.63, 3.8) is 0 Å². The molecule has 0 radical (unpaired) electrons. The van der Waals surface area contributed by atoms with Crippen molar-refractivity contribution in [1.29, 1.82) is 0 Å². The van der Waals surface area contributed by atoms with Crippen molar-refractivity contribution >= 4 is 36.1 Å². The van der Waals surface area contributed by atoms with E-state index in [0.717, 1.165) is 19.9 Å². The van der Waals surface area contributed by atoms with Crippen LogP contribution < -0.4 is 5.73 Å². The molecule has 0 unspecified atom stereocenters. The Hall–Kier alpha value is -0.941. The summed E-state index contributed by atoms with van der Waals surface area (Å²) in [5.74, 6) is 0.454. The number of nitrogens with two attached hydrogens (primary N) is 1. The van der Waals surface area contributed by atoms with Gasteiger partial charge in [-0.2, -0.15) is 0 Å². The van der Waals surface area contributed by atoms with Gasteiger partial charge in [-0.1, -0.05) is 0 Å². The molecule has 2 aliphatic heterocycles. The fourth-order valence-electron chi connectivity index (χ4n) is 5.78. The first kappa shape index (κ1) is 28.1. The van der Waals surface area contributed by atoms with E-state index < -0.39 is 19.2 Å². The van der Waals surface area contributed by atoms with Crippen molar-refractivity contribution in [3.8, 4) is 0 Å². The SMILES string of the molecule is CCCCCCC[CH2][Sn]1([CH2]CCCCCCC)[O][C@@H]2[C@H]([O]1)[C@H](CO)O[C@@H]2n1ccc2c(N)ncnc21. The predicted octanol–water partition coefficient (Wildman–Crippen LogP) is 5.85. The normalized spacial score (nSPS) is 25.1. The third kappa shape index (κ3) is 6.54. The Bertz CT molecular complexity index is 926. The third-order valence-corrected chi connectivity index (χ3v) is 18.2. The Morgan fingerprint density at radius 2 is 1.50 bits per heavy atom. The molecular formula is C27H46N4O4Sn. The van der Waals surface area contributed by atoms with E-state index in [1.807, 2.05) is 16.8 Å². The number of ether oxygens (including phenoxy) is 1. The number of aromatic nitrogens is 3. The number of hydrogen-bond acceptors (Lipinski definition) is 7. The molecule has 202 valence electrons. The van der Waals surface area contributed by atoms with E-state index in [9.17, 15) is 5.11 Å². The summed E-state index contributed by atoms with van der Waals surface area (Å²) in [6.07, 6.45) is 17.5. The van der Waals surface area contributed by atoms with Gasteiger partial charge in [-0.05, 0) is 0 Å². The van der Waals surface area contributed by atoms with Gasteiger partial charge in [0, 0.05) is 0 Å². The van der Waals surface area contributed by atoms with Crippen LogP contribution in [-0.4, -0.2) is 63.8 Å². The first-order chi connectivity index (χ1) is 17.6. The summed E-state index contributed by atoms with van der Waals surface area (Å²) < 4.78 is 24.4. The summed E-state index contributed by atoms with van der Waals surface area (Å²) in [6, 6.07) is 1.92. The molecule has 0 amide bonds. The molecule has 2 aliphatic rings. The number of aliphatic hydroxyl groups is 1. The van der Waals surface area contributed by atoms with Gasteiger partial charge < -0.3 is 0 Å². The van der Waals surface area contributed by atoms with Gasteiger partial charge in [-0.25, -0.2) is 0 Å². The molecule has 4 heterocycles. The second kappa shape index (κ2) is 13.7. The summed E-state index contributed by atoms with van der Waals surface area (Å²) in [6.45, 7) is 4.44. The molecule has 2 aromatic rings. The van der Waals surface area contributed by atoms with Crippen LogP contribution in [0.4, 0.5) is 5.82 Å². The van der Waals surface area contributed by atoms with Crippen LogP contribution in [0.3, 0.4) is 0 Å². The molecule has 0 saturated carbocycles. The minimum atomic E-state index is -3.34. The van der Waals surface area contributed by atoms with E-state index in [2.05, 4.69) is 23.8 Å². The van der Waals surface area contributed by atoms with Crippen molar-refractivity contribution in [1.82, 2.24) is 14.5 Å². The third-order valence-electron chi connectivity index (χ3n) is 7.80. The van der Waals surface area contributed by atoms with Crippen molar-refractivity contribution in [3.05, 3.63) is 18.6 Å². The van der Waals surface area contributed by atoms with Gasteiger partial charge in [0.05, 0.1) is 0 Å². The minimum absolute atomic E-state index is 0.0761. The number of hydrogen-bond donors (Lipinski definition) is 2. The molecule has 4 atom stereocenters. The van der Waals surface area contributed by atoms with Crippen molar-refractivity contribution < 1.29 is 16.0 Å². The quantitative estimate of drug-likeness (QED) is 0.182. The van der Waals surface area contributed by atoms with Gasteiger partial charge in [0.1, 0.15) is 0 Å². The Morgan fingerprint density at radius 1 is 0.889 bits per heavy atom. The van der Waals surface area contributed by atoms with E-state index in [-0.39, 0.29) is 31.1 Å². The maximum absolute atomic E-state index is 10.2. The van der Waals surface area contributed by atoms with Crippen LogP contribution >= 0.6 is 0 Å². The van der Waals surface area contributed by atoms with Crippen LogP contribution in [0.2, 0.25) is 8.87 Å². The second-order valence-electron chi connectivity index (χ2n) is 10.6. The van der Waals surface area contributed by atoms with E-state index in [1.54, 1.807) is 0 Å². The van der Waals surface area contributed by atoms with Crippen molar-refractivity contribution in [2.45, 2.75) is 124 Å².